The van der Waals surface area contributed by atoms with E-state index in [4.69, 9.17) is 18.9 Å². The number of unbranched alkanes of at least 4 members (excludes halogenated alkanes) is 2. The van der Waals surface area contributed by atoms with Crippen LogP contribution in [-0.2, 0) is 18.9 Å². The van der Waals surface area contributed by atoms with Gasteiger partial charge in [0.2, 0.25) is 0 Å². The number of allylic oxidation sites excluding steroid dienone is 1. The van der Waals surface area contributed by atoms with Crippen LogP contribution in [0.15, 0.2) is 12.7 Å². The lowest BCUT2D eigenvalue weighted by molar-refractivity contribution is -0.281. The number of rotatable bonds is 9. The van der Waals surface area contributed by atoms with Crippen molar-refractivity contribution in [1.82, 2.24) is 0 Å². The summed E-state index contributed by atoms with van der Waals surface area (Å²) in [5.74, 6) is 0. The summed E-state index contributed by atoms with van der Waals surface area (Å²) in [6.45, 7) is 7.85. The Hall–Kier alpha value is -0.420. The van der Waals surface area contributed by atoms with Gasteiger partial charge in [-0.2, -0.15) is 0 Å². The average Bonchev–Trinajstić information content (AvgIpc) is 2.44. The van der Waals surface area contributed by atoms with Crippen molar-refractivity contribution >= 4 is 0 Å². The zero-order valence-electron chi connectivity index (χ0n) is 13.3. The summed E-state index contributed by atoms with van der Waals surface area (Å²) in [6, 6.07) is 0. The van der Waals surface area contributed by atoms with Gasteiger partial charge < -0.3 is 18.9 Å². The highest BCUT2D eigenvalue weighted by molar-refractivity contribution is 4.81. The molecule has 0 aromatic heterocycles. The van der Waals surface area contributed by atoms with Crippen molar-refractivity contribution in [3.8, 4) is 0 Å². The highest BCUT2D eigenvalue weighted by atomic mass is 16.7. The lowest BCUT2D eigenvalue weighted by atomic mass is 10.0. The van der Waals surface area contributed by atoms with E-state index in [-0.39, 0.29) is 30.7 Å². The first-order valence-corrected chi connectivity index (χ1v) is 7.59. The van der Waals surface area contributed by atoms with Crippen LogP contribution >= 0.6 is 0 Å². The Morgan fingerprint density at radius 2 is 1.95 bits per heavy atom. The molecule has 0 radical (unpaired) electrons. The molecule has 1 heterocycles. The molecule has 0 saturated carbocycles. The average molecular weight is 286 g/mol. The van der Waals surface area contributed by atoms with Gasteiger partial charge in [-0.3, -0.25) is 0 Å². The standard InChI is InChI=1S/C16H30O4/c1-6-7-8-9-10-12(2)19-16-15(18-5)11-14(17-4)13(3)20-16/h6,12-16H,1,7-11H2,2-5H3/t12?,13-,14+,15+,16+/m0/s1. The van der Waals surface area contributed by atoms with E-state index in [0.717, 1.165) is 25.7 Å². The minimum Gasteiger partial charge on any atom is -0.379 e. The van der Waals surface area contributed by atoms with Gasteiger partial charge in [0.1, 0.15) is 6.10 Å². The molecule has 20 heavy (non-hydrogen) atoms. The predicted octanol–water partition coefficient (Wildman–Crippen LogP) is 3.30. The van der Waals surface area contributed by atoms with Gasteiger partial charge in [-0.25, -0.2) is 0 Å². The van der Waals surface area contributed by atoms with Gasteiger partial charge in [-0.15, -0.1) is 6.58 Å². The fourth-order valence-corrected chi connectivity index (χ4v) is 2.55. The summed E-state index contributed by atoms with van der Waals surface area (Å²) < 4.78 is 22.8. The van der Waals surface area contributed by atoms with Crippen LogP contribution in [0.3, 0.4) is 0 Å². The molecule has 118 valence electrons. The maximum absolute atomic E-state index is 6.01. The van der Waals surface area contributed by atoms with E-state index in [2.05, 4.69) is 13.5 Å². The first-order chi connectivity index (χ1) is 9.62. The largest absolute Gasteiger partial charge is 0.379 e. The fourth-order valence-electron chi connectivity index (χ4n) is 2.55. The van der Waals surface area contributed by atoms with E-state index < -0.39 is 0 Å². The van der Waals surface area contributed by atoms with Crippen molar-refractivity contribution in [2.75, 3.05) is 14.2 Å². The molecule has 0 bridgehead atoms. The zero-order valence-corrected chi connectivity index (χ0v) is 13.3. The molecule has 1 aliphatic rings. The molecule has 0 aromatic rings. The lowest BCUT2D eigenvalue weighted by Gasteiger charge is -2.39. The Bertz CT molecular complexity index is 269. The van der Waals surface area contributed by atoms with Gasteiger partial charge in [-0.05, 0) is 33.1 Å². The number of methoxy groups -OCH3 is 2. The topological polar surface area (TPSA) is 36.9 Å². The molecular formula is C16H30O4. The Morgan fingerprint density at radius 3 is 2.55 bits per heavy atom. The molecule has 1 rings (SSSR count). The highest BCUT2D eigenvalue weighted by Gasteiger charge is 2.37. The summed E-state index contributed by atoms with van der Waals surface area (Å²) in [4.78, 5) is 0. The first-order valence-electron chi connectivity index (χ1n) is 7.59. The molecule has 1 aliphatic heterocycles. The Kier molecular flexibility index (Phi) is 8.38. The summed E-state index contributed by atoms with van der Waals surface area (Å²) in [6.07, 6.45) is 7.10. The number of hydrogen-bond acceptors (Lipinski definition) is 4. The first kappa shape index (κ1) is 17.6. The van der Waals surface area contributed by atoms with E-state index in [1.807, 2.05) is 13.0 Å². The molecule has 4 heteroatoms. The molecule has 1 unspecified atom stereocenters. The minimum atomic E-state index is -0.296. The predicted molar refractivity (Wildman–Crippen MR) is 79.8 cm³/mol. The molecular weight excluding hydrogens is 256 g/mol. The molecule has 4 nitrogen and oxygen atoms in total. The third-order valence-corrected chi connectivity index (χ3v) is 3.88. The summed E-state index contributed by atoms with van der Waals surface area (Å²) in [5.41, 5.74) is 0. The Labute approximate surface area is 123 Å². The van der Waals surface area contributed by atoms with Crippen LogP contribution in [0, 0.1) is 0 Å². The van der Waals surface area contributed by atoms with Gasteiger partial charge >= 0.3 is 0 Å². The van der Waals surface area contributed by atoms with Gasteiger partial charge in [0, 0.05) is 20.6 Å². The van der Waals surface area contributed by atoms with Crippen LogP contribution in [-0.4, -0.2) is 44.9 Å². The van der Waals surface area contributed by atoms with Gasteiger partial charge in [0.15, 0.2) is 6.29 Å². The molecule has 0 N–H and O–H groups in total. The van der Waals surface area contributed by atoms with Crippen LogP contribution in [0.2, 0.25) is 0 Å². The zero-order chi connectivity index (χ0) is 15.0. The van der Waals surface area contributed by atoms with Crippen molar-refractivity contribution in [3.05, 3.63) is 12.7 Å². The normalized spacial score (nSPS) is 32.0. The third-order valence-electron chi connectivity index (χ3n) is 3.88. The molecule has 0 aliphatic carbocycles. The lowest BCUT2D eigenvalue weighted by Crippen LogP contribution is -2.49. The minimum absolute atomic E-state index is 0.0318. The second-order valence-corrected chi connectivity index (χ2v) is 5.51. The second-order valence-electron chi connectivity index (χ2n) is 5.51. The van der Waals surface area contributed by atoms with Gasteiger partial charge in [-0.1, -0.05) is 12.5 Å². The SMILES string of the molecule is C=CCCCCC(C)O[C@@H]1O[C@@H](C)[C@H](OC)C[C@H]1OC. The Morgan fingerprint density at radius 1 is 1.25 bits per heavy atom. The van der Waals surface area contributed by atoms with Gasteiger partial charge in [0.05, 0.1) is 18.3 Å². The summed E-state index contributed by atoms with van der Waals surface area (Å²) >= 11 is 0. The van der Waals surface area contributed by atoms with Crippen molar-refractivity contribution in [3.63, 3.8) is 0 Å². The fraction of sp³-hybridized carbons (Fsp3) is 0.875. The number of hydrogen-bond donors (Lipinski definition) is 0. The van der Waals surface area contributed by atoms with Crippen LogP contribution < -0.4 is 0 Å². The maximum atomic E-state index is 6.01. The van der Waals surface area contributed by atoms with Crippen LogP contribution in [0.5, 0.6) is 0 Å². The van der Waals surface area contributed by atoms with Crippen molar-refractivity contribution in [1.29, 1.82) is 0 Å². The summed E-state index contributed by atoms with van der Waals surface area (Å²) in [5, 5.41) is 0. The Balaban J connectivity index is 2.38. The van der Waals surface area contributed by atoms with E-state index in [1.165, 1.54) is 6.42 Å². The molecule has 0 amide bonds. The van der Waals surface area contributed by atoms with Crippen LogP contribution in [0.1, 0.15) is 46.0 Å². The summed E-state index contributed by atoms with van der Waals surface area (Å²) in [7, 11) is 3.41. The van der Waals surface area contributed by atoms with E-state index in [9.17, 15) is 0 Å². The smallest absolute Gasteiger partial charge is 0.184 e. The van der Waals surface area contributed by atoms with E-state index in [1.54, 1.807) is 14.2 Å². The monoisotopic (exact) mass is 286 g/mol. The molecule has 0 spiro atoms. The quantitative estimate of drug-likeness (QED) is 0.481. The third kappa shape index (κ3) is 5.52. The molecule has 1 fully saturated rings. The number of ether oxygens (including phenoxy) is 4. The molecule has 0 aromatic carbocycles. The maximum Gasteiger partial charge on any atom is 0.184 e. The van der Waals surface area contributed by atoms with Crippen LogP contribution in [0.4, 0.5) is 0 Å². The highest BCUT2D eigenvalue weighted by Crippen LogP contribution is 2.26. The van der Waals surface area contributed by atoms with E-state index >= 15 is 0 Å². The van der Waals surface area contributed by atoms with Gasteiger partial charge in [0.25, 0.3) is 0 Å². The van der Waals surface area contributed by atoms with Crippen molar-refractivity contribution < 1.29 is 18.9 Å². The van der Waals surface area contributed by atoms with Crippen LogP contribution in [0.25, 0.3) is 0 Å². The molecule has 5 atom stereocenters. The van der Waals surface area contributed by atoms with Crippen molar-refractivity contribution in [2.24, 2.45) is 0 Å². The van der Waals surface area contributed by atoms with Crippen molar-refractivity contribution in [2.45, 2.75) is 76.7 Å². The molecule has 1 saturated heterocycles. The van der Waals surface area contributed by atoms with E-state index in [0.29, 0.717) is 0 Å². The second kappa shape index (κ2) is 9.50.